The molecule has 0 atom stereocenters. The Bertz CT molecular complexity index is 547. The van der Waals surface area contributed by atoms with Gasteiger partial charge in [-0.05, 0) is 6.42 Å². The summed E-state index contributed by atoms with van der Waals surface area (Å²) in [5.41, 5.74) is 0. The molecule has 0 radical (unpaired) electrons. The van der Waals surface area contributed by atoms with Crippen molar-refractivity contribution >= 4 is 0 Å². The lowest BCUT2D eigenvalue weighted by molar-refractivity contribution is -0.0261. The Balaban J connectivity index is 3.03. The molecule has 0 fully saturated rings. The summed E-state index contributed by atoms with van der Waals surface area (Å²) >= 11 is 0. The molecule has 0 aliphatic heterocycles. The molecule has 0 saturated heterocycles. The van der Waals surface area contributed by atoms with Crippen LogP contribution in [0, 0.1) is 12.3 Å². The van der Waals surface area contributed by atoms with Crippen molar-refractivity contribution in [1.82, 2.24) is 0 Å². The Labute approximate surface area is 269 Å². The van der Waals surface area contributed by atoms with E-state index in [9.17, 15) is 0 Å². The molecule has 0 unspecified atom stereocenters. The molecule has 44 heavy (non-hydrogen) atoms. The summed E-state index contributed by atoms with van der Waals surface area (Å²) in [5, 5.41) is 0. The normalized spacial score (nSPS) is 11.4. The third-order valence-corrected chi connectivity index (χ3v) is 6.43. The zero-order valence-corrected chi connectivity index (χ0v) is 28.1. The molecule has 0 aromatic heterocycles. The second kappa shape index (κ2) is 42.2. The zero-order chi connectivity index (χ0) is 31.7. The monoisotopic (exact) mass is 634 g/mol. The van der Waals surface area contributed by atoms with Gasteiger partial charge >= 0.3 is 0 Å². The minimum atomic E-state index is 0.313. The van der Waals surface area contributed by atoms with E-state index in [4.69, 9.17) is 53.8 Å². The number of hydrogen-bond acceptors (Lipinski definition) is 10. The molecular weight excluding hydrogens is 568 g/mol. The Morgan fingerprint density at radius 1 is 0.295 bits per heavy atom. The molecule has 0 spiro atoms. The van der Waals surface area contributed by atoms with Crippen molar-refractivity contribution in [3.8, 4) is 12.3 Å². The van der Waals surface area contributed by atoms with E-state index in [1.807, 2.05) is 0 Å². The van der Waals surface area contributed by atoms with Crippen LogP contribution in [0.15, 0.2) is 0 Å². The molecule has 0 aromatic rings. The maximum absolute atomic E-state index is 5.65. The first-order chi connectivity index (χ1) is 21.9. The van der Waals surface area contributed by atoms with Gasteiger partial charge in [0, 0.05) is 6.61 Å². The van der Waals surface area contributed by atoms with Crippen molar-refractivity contribution in [2.75, 3.05) is 132 Å². The number of terminal acetylenes is 1. The number of unbranched alkanes of at least 4 members (excludes halogenated alkanes) is 10. The van der Waals surface area contributed by atoms with Crippen molar-refractivity contribution in [3.63, 3.8) is 0 Å². The van der Waals surface area contributed by atoms with Crippen LogP contribution < -0.4 is 0 Å². The predicted molar refractivity (Wildman–Crippen MR) is 173 cm³/mol. The van der Waals surface area contributed by atoms with E-state index in [2.05, 4.69) is 12.8 Å². The molecular formula is C34H66O10. The molecule has 0 N–H and O–H groups in total. The van der Waals surface area contributed by atoms with E-state index in [-0.39, 0.29) is 0 Å². The molecule has 0 saturated carbocycles. The first-order valence-corrected chi connectivity index (χ1v) is 17.1. The lowest BCUT2D eigenvalue weighted by Crippen LogP contribution is -2.15. The summed E-state index contributed by atoms with van der Waals surface area (Å²) in [5.74, 6) is 2.40. The first-order valence-electron chi connectivity index (χ1n) is 17.1. The predicted octanol–water partition coefficient (Wildman–Crippen LogP) is 5.10. The third-order valence-electron chi connectivity index (χ3n) is 6.43. The Morgan fingerprint density at radius 2 is 0.523 bits per heavy atom. The maximum Gasteiger partial charge on any atom is 0.107 e. The van der Waals surface area contributed by atoms with Crippen molar-refractivity contribution in [2.45, 2.75) is 77.6 Å². The molecule has 0 heterocycles. The van der Waals surface area contributed by atoms with Gasteiger partial charge in [0.15, 0.2) is 0 Å². The van der Waals surface area contributed by atoms with E-state index >= 15 is 0 Å². The Kier molecular flexibility index (Phi) is 41.4. The van der Waals surface area contributed by atoms with E-state index in [0.29, 0.717) is 126 Å². The standard InChI is InChI=1S/C34H66O10/c1-3-5-6-7-8-9-10-11-12-13-14-16-36-18-20-38-22-24-40-26-28-42-30-32-44-34-33-43-31-29-41-27-25-39-23-21-37-19-17-35-15-4-2/h2H,3,5-34H2,1H3. The van der Waals surface area contributed by atoms with Crippen LogP contribution in [0.25, 0.3) is 0 Å². The molecule has 0 amide bonds. The van der Waals surface area contributed by atoms with Gasteiger partial charge in [0.2, 0.25) is 0 Å². The van der Waals surface area contributed by atoms with E-state index in [1.165, 1.54) is 64.2 Å². The average Bonchev–Trinajstić information content (AvgIpc) is 3.04. The van der Waals surface area contributed by atoms with Crippen LogP contribution in [0.2, 0.25) is 0 Å². The first kappa shape index (κ1) is 43.2. The fourth-order valence-corrected chi connectivity index (χ4v) is 3.98. The second-order valence-electron chi connectivity index (χ2n) is 10.3. The van der Waals surface area contributed by atoms with Crippen LogP contribution >= 0.6 is 0 Å². The third kappa shape index (κ3) is 41.2. The summed E-state index contributed by atoms with van der Waals surface area (Å²) in [4.78, 5) is 0. The Hall–Kier alpha value is -0.840. The van der Waals surface area contributed by atoms with Crippen molar-refractivity contribution in [1.29, 1.82) is 0 Å². The molecule has 0 aromatic carbocycles. The highest BCUT2D eigenvalue weighted by Crippen LogP contribution is 2.11. The van der Waals surface area contributed by atoms with Crippen LogP contribution in [0.5, 0.6) is 0 Å². The molecule has 0 aliphatic rings. The molecule has 0 bridgehead atoms. The van der Waals surface area contributed by atoms with Crippen LogP contribution in [-0.4, -0.2) is 132 Å². The zero-order valence-electron chi connectivity index (χ0n) is 28.1. The Morgan fingerprint density at radius 3 is 0.795 bits per heavy atom. The van der Waals surface area contributed by atoms with Gasteiger partial charge in [0.1, 0.15) is 6.61 Å². The SMILES string of the molecule is C#CCOCCOCCOCCOCCOCCOCCOCCOCCOCCOCCCCCCCCCCCCC. The summed E-state index contributed by atoms with van der Waals surface area (Å²) in [6.07, 6.45) is 20.0. The number of rotatable bonds is 40. The second-order valence-corrected chi connectivity index (χ2v) is 10.3. The minimum Gasteiger partial charge on any atom is -0.379 e. The average molecular weight is 635 g/mol. The molecule has 0 aliphatic carbocycles. The largest absolute Gasteiger partial charge is 0.379 e. The summed E-state index contributed by atoms with van der Waals surface area (Å²) in [6, 6.07) is 0. The van der Waals surface area contributed by atoms with Gasteiger partial charge < -0.3 is 47.4 Å². The lowest BCUT2D eigenvalue weighted by atomic mass is 10.1. The van der Waals surface area contributed by atoms with Gasteiger partial charge in [-0.1, -0.05) is 77.1 Å². The van der Waals surface area contributed by atoms with Gasteiger partial charge in [0.05, 0.1) is 119 Å². The van der Waals surface area contributed by atoms with Crippen molar-refractivity contribution in [2.24, 2.45) is 0 Å². The fraction of sp³-hybridized carbons (Fsp3) is 0.941. The lowest BCUT2D eigenvalue weighted by Gasteiger charge is -2.09. The highest BCUT2D eigenvalue weighted by molar-refractivity contribution is 4.82. The van der Waals surface area contributed by atoms with Gasteiger partial charge in [-0.3, -0.25) is 0 Å². The van der Waals surface area contributed by atoms with Crippen LogP contribution in [-0.2, 0) is 47.4 Å². The smallest absolute Gasteiger partial charge is 0.107 e. The molecule has 10 nitrogen and oxygen atoms in total. The highest BCUT2D eigenvalue weighted by atomic mass is 16.6. The van der Waals surface area contributed by atoms with E-state index in [0.717, 1.165) is 13.0 Å². The minimum absolute atomic E-state index is 0.313. The van der Waals surface area contributed by atoms with Gasteiger partial charge in [0.25, 0.3) is 0 Å². The quantitative estimate of drug-likeness (QED) is 0.0670. The van der Waals surface area contributed by atoms with Crippen molar-refractivity contribution in [3.05, 3.63) is 0 Å². The van der Waals surface area contributed by atoms with Crippen molar-refractivity contribution < 1.29 is 47.4 Å². The maximum atomic E-state index is 5.65. The summed E-state index contributed by atoms with van der Waals surface area (Å²) in [7, 11) is 0. The van der Waals surface area contributed by atoms with Crippen LogP contribution in [0.4, 0.5) is 0 Å². The van der Waals surface area contributed by atoms with E-state index in [1.54, 1.807) is 0 Å². The molecule has 0 rings (SSSR count). The van der Waals surface area contributed by atoms with Gasteiger partial charge in [-0.15, -0.1) is 6.42 Å². The number of hydrogen-bond donors (Lipinski definition) is 0. The number of ether oxygens (including phenoxy) is 10. The van der Waals surface area contributed by atoms with Crippen LogP contribution in [0.1, 0.15) is 77.6 Å². The summed E-state index contributed by atoms with van der Waals surface area (Å²) < 4.78 is 54.5. The molecule has 262 valence electrons. The fourth-order valence-electron chi connectivity index (χ4n) is 3.98. The van der Waals surface area contributed by atoms with Gasteiger partial charge in [-0.25, -0.2) is 0 Å². The highest BCUT2D eigenvalue weighted by Gasteiger charge is 1.97. The van der Waals surface area contributed by atoms with E-state index < -0.39 is 0 Å². The summed E-state index contributed by atoms with van der Waals surface area (Å²) in [6.45, 7) is 13.2. The molecule has 10 heteroatoms. The van der Waals surface area contributed by atoms with Crippen LogP contribution in [0.3, 0.4) is 0 Å². The van der Waals surface area contributed by atoms with Gasteiger partial charge in [-0.2, -0.15) is 0 Å². The topological polar surface area (TPSA) is 92.3 Å².